The van der Waals surface area contributed by atoms with Crippen LogP contribution >= 0.6 is 12.2 Å². The van der Waals surface area contributed by atoms with Crippen molar-refractivity contribution in [3.05, 3.63) is 199 Å². The van der Waals surface area contributed by atoms with Crippen LogP contribution in [-0.2, 0) is 47.3 Å². The van der Waals surface area contributed by atoms with Crippen molar-refractivity contribution < 1.29 is 29.2 Å². The maximum absolute atomic E-state index is 12.9. The number of phenolic OH excluding ortho intramolecular Hbond substituents is 2. The molecule has 9 heteroatoms. The fourth-order valence-electron chi connectivity index (χ4n) is 10.9. The molecule has 0 fully saturated rings. The molecular weight excluding hydrogens is 1010 g/mol. The van der Waals surface area contributed by atoms with Crippen LogP contribution in [0.4, 0.5) is 0 Å². The Morgan fingerprint density at radius 1 is 0.375 bits per heavy atom. The van der Waals surface area contributed by atoms with Crippen molar-refractivity contribution in [1.82, 2.24) is 0 Å². The molecule has 0 unspecified atom stereocenters. The van der Waals surface area contributed by atoms with Gasteiger partial charge in [-0.05, 0) is 134 Å². The molecule has 0 amide bonds. The summed E-state index contributed by atoms with van der Waals surface area (Å²) in [6, 6.07) is 42.0. The van der Waals surface area contributed by atoms with Crippen LogP contribution in [0.25, 0.3) is 21.5 Å². The second-order valence-corrected chi connectivity index (χ2v) is 26.2. The molecule has 10 bridgehead atoms. The van der Waals surface area contributed by atoms with Gasteiger partial charge in [0.15, 0.2) is 0 Å². The topological polar surface area (TPSA) is 102 Å². The third-order valence-electron chi connectivity index (χ3n) is 15.7. The number of aliphatic imine (C=N–C) groups is 2. The summed E-state index contributed by atoms with van der Waals surface area (Å²) in [6.07, 6.45) is 5.00. The largest absolute Gasteiger partial charge is 0.507 e. The first kappa shape index (κ1) is 55.8. The van der Waals surface area contributed by atoms with E-state index in [1.54, 1.807) is 12.4 Å². The quantitative estimate of drug-likeness (QED) is 0.146. The summed E-state index contributed by atoms with van der Waals surface area (Å²) in [5.41, 5.74) is 11.9. The number of ether oxygens (including phenoxy) is 4. The number of fused-ring (bicyclic) bond motifs is 10. The van der Waals surface area contributed by atoms with Gasteiger partial charge in [0.05, 0.1) is 0 Å². The number of thiocarbonyl (C=S) groups is 1. The fourth-order valence-corrected chi connectivity index (χ4v) is 11.1. The van der Waals surface area contributed by atoms with Crippen molar-refractivity contribution in [2.24, 2.45) is 9.98 Å². The van der Waals surface area contributed by atoms with E-state index in [1.807, 2.05) is 48.5 Å². The first-order valence-electron chi connectivity index (χ1n) is 28.1. The molecule has 0 radical (unpaired) electrons. The molecule has 412 valence electrons. The minimum absolute atomic E-state index is 0.144. The van der Waals surface area contributed by atoms with Gasteiger partial charge in [-0.25, -0.2) is 9.98 Å². The van der Waals surface area contributed by atoms with E-state index >= 15 is 0 Å². The summed E-state index contributed by atoms with van der Waals surface area (Å²) in [5, 5.41) is 29.9. The Labute approximate surface area is 478 Å². The van der Waals surface area contributed by atoms with Crippen molar-refractivity contribution >= 4 is 51.3 Å². The van der Waals surface area contributed by atoms with Gasteiger partial charge in [-0.3, -0.25) is 0 Å². The summed E-state index contributed by atoms with van der Waals surface area (Å²) in [4.78, 5) is 9.49. The molecule has 8 nitrogen and oxygen atoms in total. The molecule has 8 aromatic carbocycles. The van der Waals surface area contributed by atoms with Gasteiger partial charge in [0.2, 0.25) is 5.11 Å². The van der Waals surface area contributed by atoms with E-state index in [9.17, 15) is 10.2 Å². The maximum Gasteiger partial charge on any atom is 0.219 e. The highest BCUT2D eigenvalue weighted by Crippen LogP contribution is 2.44. The van der Waals surface area contributed by atoms with Crippen molar-refractivity contribution in [3.8, 4) is 34.5 Å². The summed E-state index contributed by atoms with van der Waals surface area (Å²) in [7, 11) is 0. The average molecular weight is 1090 g/mol. The van der Waals surface area contributed by atoms with E-state index in [0.717, 1.165) is 99.4 Å². The molecule has 0 saturated carbocycles. The lowest BCUT2D eigenvalue weighted by Crippen LogP contribution is -2.18. The molecule has 2 aliphatic heterocycles. The van der Waals surface area contributed by atoms with Gasteiger partial charge >= 0.3 is 0 Å². The molecule has 11 rings (SSSR count). The Balaban J connectivity index is 1.22. The second-order valence-electron chi connectivity index (χ2n) is 25.8. The Morgan fingerprint density at radius 3 is 0.975 bits per heavy atom. The smallest absolute Gasteiger partial charge is 0.219 e. The minimum atomic E-state index is -0.253. The molecule has 2 N–H and O–H groups in total. The molecule has 80 heavy (non-hydrogen) atoms. The molecule has 0 saturated heterocycles. The third kappa shape index (κ3) is 12.0. The number of phenols is 2. The van der Waals surface area contributed by atoms with Crippen LogP contribution in [0, 0.1) is 0 Å². The summed E-state index contributed by atoms with van der Waals surface area (Å²) in [5.74, 6) is 3.14. The van der Waals surface area contributed by atoms with Crippen LogP contribution in [0.5, 0.6) is 34.5 Å². The first-order valence-corrected chi connectivity index (χ1v) is 28.5. The zero-order chi connectivity index (χ0) is 56.9. The highest BCUT2D eigenvalue weighted by molar-refractivity contribution is 7.80. The van der Waals surface area contributed by atoms with E-state index in [1.165, 1.54) is 0 Å². The van der Waals surface area contributed by atoms with Crippen LogP contribution in [0.2, 0.25) is 0 Å². The third-order valence-corrected chi connectivity index (χ3v) is 15.9. The Bertz CT molecular complexity index is 3430. The van der Waals surface area contributed by atoms with Crippen LogP contribution in [0.15, 0.2) is 131 Å². The first-order chi connectivity index (χ1) is 37.9. The highest BCUT2D eigenvalue weighted by atomic mass is 32.1. The number of hydrogen-bond acceptors (Lipinski definition) is 7. The highest BCUT2D eigenvalue weighted by Gasteiger charge is 2.29. The number of rotatable bonds is 0. The van der Waals surface area contributed by atoms with Gasteiger partial charge < -0.3 is 29.2 Å². The lowest BCUT2D eigenvalue weighted by atomic mass is 9.79. The SMILES string of the molecule is CC(C)(C)c1cc2c(O)c(c1)Cc1cc(C(C)(C)C)cc3c1OCCOc1ccc4ccccc4c1C=NC(=S)N=Cc1c(ccc4ccccc14)OCCOc1c(cc(C(C)(C)C)cc1Cc1cc(C(C)(C)C)cc(c1O)C3)C2. The van der Waals surface area contributed by atoms with Crippen LogP contribution < -0.4 is 18.9 Å². The summed E-state index contributed by atoms with van der Waals surface area (Å²) in [6.45, 7) is 27.5. The fraction of sp³-hybridized carbons (Fsp3) is 0.338. The Kier molecular flexibility index (Phi) is 15.3. The lowest BCUT2D eigenvalue weighted by Gasteiger charge is -2.28. The van der Waals surface area contributed by atoms with Gasteiger partial charge in [0.1, 0.15) is 60.9 Å². The monoisotopic (exact) mass is 1080 g/mol. The molecule has 0 spiro atoms. The van der Waals surface area contributed by atoms with E-state index in [4.69, 9.17) is 41.2 Å². The van der Waals surface area contributed by atoms with Gasteiger partial charge in [0.25, 0.3) is 0 Å². The summed E-state index contributed by atoms with van der Waals surface area (Å²) >= 11 is 5.85. The number of nitrogens with zero attached hydrogens (tertiary/aromatic N) is 2. The van der Waals surface area contributed by atoms with Crippen LogP contribution in [0.3, 0.4) is 0 Å². The standard InChI is InChI=1S/C71H76N2O6S/c1-68(2,3)53-33-45-29-49-37-55(70(7,8)9)39-51-31-47-35-54(69(4,5)6)36-48(64(47)75)32-52-40-56(71(10,11)12)38-50(30-46(34-53)63(45)74)66(52)79-28-26-77-62-24-22-44-18-14-16-20-58(44)60(62)42-73-67(80)72-41-59-57-19-15-13-17-43(57)21-23-61(59)76-25-27-78-65(49)51/h13-24,33-42,74-75H,25-32H2,1-12H3. The number of hydrogen-bond donors (Lipinski definition) is 2. The van der Waals surface area contributed by atoms with Gasteiger partial charge in [-0.15, -0.1) is 0 Å². The maximum atomic E-state index is 12.9. The Morgan fingerprint density at radius 2 is 0.662 bits per heavy atom. The zero-order valence-corrected chi connectivity index (χ0v) is 49.5. The average Bonchev–Trinajstić information content (AvgIpc) is 3.42. The Hall–Kier alpha value is -7.49. The minimum Gasteiger partial charge on any atom is -0.507 e. The van der Waals surface area contributed by atoms with Gasteiger partial charge in [0, 0.05) is 49.2 Å². The molecular formula is C71H76N2O6S. The van der Waals surface area contributed by atoms with Crippen LogP contribution in [-0.4, -0.2) is 54.2 Å². The van der Waals surface area contributed by atoms with Crippen molar-refractivity contribution in [2.45, 2.75) is 130 Å². The molecule has 0 aromatic heterocycles. The predicted molar refractivity (Wildman–Crippen MR) is 333 cm³/mol. The lowest BCUT2D eigenvalue weighted by molar-refractivity contribution is 0.214. The predicted octanol–water partition coefficient (Wildman–Crippen LogP) is 16.3. The van der Waals surface area contributed by atoms with Gasteiger partial charge in [-0.2, -0.15) is 0 Å². The molecule has 0 atom stereocenters. The van der Waals surface area contributed by atoms with Crippen LogP contribution in [0.1, 0.15) is 161 Å². The zero-order valence-electron chi connectivity index (χ0n) is 48.7. The van der Waals surface area contributed by atoms with Crippen molar-refractivity contribution in [1.29, 1.82) is 0 Å². The molecule has 1 aliphatic carbocycles. The number of aromatic hydroxyl groups is 2. The number of benzene rings is 8. The van der Waals surface area contributed by atoms with E-state index < -0.39 is 0 Å². The molecule has 2 heterocycles. The van der Waals surface area contributed by atoms with Crippen molar-refractivity contribution in [3.63, 3.8) is 0 Å². The molecule has 8 aromatic rings. The summed E-state index contributed by atoms with van der Waals surface area (Å²) < 4.78 is 27.6. The molecule has 3 aliphatic rings. The van der Waals surface area contributed by atoms with Gasteiger partial charge in [-0.1, -0.05) is 192 Å². The second kappa shape index (κ2) is 21.9. The van der Waals surface area contributed by atoms with E-state index in [2.05, 4.69) is 156 Å². The van der Waals surface area contributed by atoms with E-state index in [-0.39, 0.29) is 64.7 Å². The normalized spacial score (nSPS) is 14.8. The van der Waals surface area contributed by atoms with Crippen molar-refractivity contribution in [2.75, 3.05) is 26.4 Å². The van der Waals surface area contributed by atoms with E-state index in [0.29, 0.717) is 48.7 Å².